The van der Waals surface area contributed by atoms with Crippen LogP contribution in [0.5, 0.6) is 0 Å². The predicted molar refractivity (Wildman–Crippen MR) is 192 cm³/mol. The Hall–Kier alpha value is -2.27. The van der Waals surface area contributed by atoms with E-state index in [9.17, 15) is 0 Å². The molecule has 0 unspecified atom stereocenters. The molecule has 0 aliphatic rings. The molecule has 0 saturated heterocycles. The first kappa shape index (κ1) is 35.9. The first-order valence-electron chi connectivity index (χ1n) is 15.0. The summed E-state index contributed by atoms with van der Waals surface area (Å²) < 4.78 is 3.22. The van der Waals surface area contributed by atoms with Crippen molar-refractivity contribution in [2.24, 2.45) is 0 Å². The SMILES string of the molecule is Cc1cc(C)c(-c2cccc(-c3c(C)cc(C)cc3C)[c]2[Ge][c]2c(C(C)C)cc(C(C)C)cc2C(C)C)c(C)c1.O.[SH-]. The van der Waals surface area contributed by atoms with E-state index in [0.717, 1.165) is 0 Å². The van der Waals surface area contributed by atoms with Crippen LogP contribution in [-0.4, -0.2) is 20.9 Å². The summed E-state index contributed by atoms with van der Waals surface area (Å²) in [6.07, 6.45) is 0. The third kappa shape index (κ3) is 7.26. The molecule has 4 aromatic rings. The Morgan fingerprint density at radius 1 is 0.500 bits per heavy atom. The Balaban J connectivity index is 0.00000308. The summed E-state index contributed by atoms with van der Waals surface area (Å²) >= 11 is -0.669. The van der Waals surface area contributed by atoms with Gasteiger partial charge < -0.3 is 19.0 Å². The summed E-state index contributed by atoms with van der Waals surface area (Å²) in [6, 6.07) is 21.6. The van der Waals surface area contributed by atoms with Crippen LogP contribution >= 0.6 is 0 Å². The maximum Gasteiger partial charge on any atom is -0.412 e. The number of hydrogen-bond donors (Lipinski definition) is 0. The van der Waals surface area contributed by atoms with Gasteiger partial charge in [0.05, 0.1) is 0 Å². The minimum atomic E-state index is -0.669. The Morgan fingerprint density at radius 3 is 1.17 bits per heavy atom. The Kier molecular flexibility index (Phi) is 12.4. The summed E-state index contributed by atoms with van der Waals surface area (Å²) in [4.78, 5) is 0. The molecule has 0 aliphatic carbocycles. The Morgan fingerprint density at radius 2 is 0.857 bits per heavy atom. The summed E-state index contributed by atoms with van der Waals surface area (Å²) in [7, 11) is 0. The molecule has 0 amide bonds. The molecule has 4 rings (SSSR count). The number of benzene rings is 4. The monoisotopic (exact) mass is 641 g/mol. The Labute approximate surface area is 269 Å². The van der Waals surface area contributed by atoms with Gasteiger partial charge >= 0.3 is 252 Å². The zero-order valence-electron chi connectivity index (χ0n) is 27.9. The van der Waals surface area contributed by atoms with Crippen molar-refractivity contribution in [2.75, 3.05) is 0 Å². The third-order valence-corrected chi connectivity index (χ3v) is 11.7. The van der Waals surface area contributed by atoms with Crippen molar-refractivity contribution < 1.29 is 5.48 Å². The number of hydrogen-bond acceptors (Lipinski definition) is 1. The van der Waals surface area contributed by atoms with E-state index in [1.807, 2.05) is 0 Å². The molecule has 0 saturated carbocycles. The third-order valence-electron chi connectivity index (χ3n) is 8.34. The quantitative estimate of drug-likeness (QED) is 0.113. The molecule has 4 aromatic carbocycles. The van der Waals surface area contributed by atoms with Gasteiger partial charge in [-0.2, -0.15) is 0 Å². The molecule has 0 atom stereocenters. The maximum atomic E-state index is 2.53. The van der Waals surface area contributed by atoms with Gasteiger partial charge in [-0.1, -0.05) is 0 Å². The van der Waals surface area contributed by atoms with Crippen LogP contribution in [0, 0.1) is 41.5 Å². The van der Waals surface area contributed by atoms with Crippen LogP contribution in [0.15, 0.2) is 54.6 Å². The molecular weight excluding hydrogens is 589 g/mol. The van der Waals surface area contributed by atoms with Gasteiger partial charge in [0.15, 0.2) is 0 Å². The van der Waals surface area contributed by atoms with Crippen molar-refractivity contribution in [1.82, 2.24) is 0 Å². The van der Waals surface area contributed by atoms with E-state index in [-0.39, 0.29) is 19.0 Å². The average molecular weight is 641 g/mol. The zero-order valence-corrected chi connectivity index (χ0v) is 30.9. The average Bonchev–Trinajstić information content (AvgIpc) is 2.83. The fourth-order valence-electron chi connectivity index (χ4n) is 6.54. The minimum Gasteiger partial charge on any atom is -0.813 e. The first-order valence-corrected chi connectivity index (χ1v) is 17.1. The van der Waals surface area contributed by atoms with Crippen LogP contribution in [0.4, 0.5) is 0 Å². The van der Waals surface area contributed by atoms with Crippen LogP contribution < -0.4 is 8.79 Å². The van der Waals surface area contributed by atoms with E-state index in [4.69, 9.17) is 0 Å². The molecule has 2 radical (unpaired) electrons. The molecule has 0 fully saturated rings. The molecule has 0 aliphatic heterocycles. The molecule has 1 nitrogen and oxygen atoms in total. The van der Waals surface area contributed by atoms with Gasteiger partial charge in [-0.15, -0.1) is 0 Å². The maximum absolute atomic E-state index is 2.53. The second-order valence-electron chi connectivity index (χ2n) is 12.9. The number of thiol groups is 1. The summed E-state index contributed by atoms with van der Waals surface area (Å²) in [5.41, 5.74) is 18.5. The van der Waals surface area contributed by atoms with Gasteiger partial charge in [0.2, 0.25) is 0 Å². The number of rotatable bonds is 7. The summed E-state index contributed by atoms with van der Waals surface area (Å²) in [6.45, 7) is 27.8. The normalized spacial score (nSPS) is 11.2. The molecule has 224 valence electrons. The van der Waals surface area contributed by atoms with E-state index in [1.165, 1.54) is 61.2 Å². The smallest absolute Gasteiger partial charge is 0.412 e. The second kappa shape index (κ2) is 14.5. The number of aryl methyl sites for hydroxylation is 6. The van der Waals surface area contributed by atoms with Crippen LogP contribution in [0.2, 0.25) is 0 Å². The van der Waals surface area contributed by atoms with Crippen molar-refractivity contribution in [1.29, 1.82) is 0 Å². The van der Waals surface area contributed by atoms with Crippen LogP contribution in [0.25, 0.3) is 22.3 Å². The van der Waals surface area contributed by atoms with Crippen molar-refractivity contribution in [2.45, 2.75) is 101 Å². The van der Waals surface area contributed by atoms with E-state index < -0.39 is 15.4 Å². The summed E-state index contributed by atoms with van der Waals surface area (Å²) in [5.74, 6) is 1.52. The molecule has 0 heterocycles. The second-order valence-corrected chi connectivity index (χ2v) is 15.6. The van der Waals surface area contributed by atoms with E-state index in [2.05, 4.69) is 138 Å². The van der Waals surface area contributed by atoms with Crippen molar-refractivity contribution in [3.8, 4) is 22.3 Å². The topological polar surface area (TPSA) is 31.5 Å². The van der Waals surface area contributed by atoms with Crippen molar-refractivity contribution in [3.63, 3.8) is 0 Å². The molecule has 2 N–H and O–H groups in total. The van der Waals surface area contributed by atoms with Gasteiger partial charge in [0, 0.05) is 0 Å². The molecular formula is C39H51GeOS-. The van der Waals surface area contributed by atoms with Gasteiger partial charge in [0.1, 0.15) is 0 Å². The van der Waals surface area contributed by atoms with Crippen molar-refractivity contribution >= 4 is 37.7 Å². The largest absolute Gasteiger partial charge is 0.813 e. The minimum absolute atomic E-state index is 0. The predicted octanol–water partition coefficient (Wildman–Crippen LogP) is 8.80. The molecule has 42 heavy (non-hydrogen) atoms. The molecule has 0 spiro atoms. The van der Waals surface area contributed by atoms with Gasteiger partial charge in [0.25, 0.3) is 0 Å². The first-order chi connectivity index (χ1) is 18.8. The summed E-state index contributed by atoms with van der Waals surface area (Å²) in [5, 5.41) is 0. The van der Waals surface area contributed by atoms with Crippen LogP contribution in [-0.2, 0) is 13.5 Å². The fourth-order valence-corrected chi connectivity index (χ4v) is 10.6. The standard InChI is InChI=1S/C39H48Ge.H2O.H2S/c1-22(2)31-20-34(23(3)4)39(35(21-31)24(5)6)40-38-32(36-27(9)16-25(7)17-28(36)10)14-13-15-33(38)37-29(11)18-26(8)19-30(37)12;;/h13-24H,1-12H3;2*1H2/p-1. The molecule has 0 aromatic heterocycles. The Bertz CT molecular complexity index is 1410. The molecule has 0 bridgehead atoms. The zero-order chi connectivity index (χ0) is 29.5. The van der Waals surface area contributed by atoms with Crippen molar-refractivity contribution in [3.05, 3.63) is 105 Å². The van der Waals surface area contributed by atoms with Gasteiger partial charge in [-0.3, -0.25) is 0 Å². The van der Waals surface area contributed by atoms with Gasteiger partial charge in [-0.25, -0.2) is 0 Å². The van der Waals surface area contributed by atoms with E-state index in [0.29, 0.717) is 17.8 Å². The molecule has 3 heteroatoms. The van der Waals surface area contributed by atoms with Crippen LogP contribution in [0.1, 0.15) is 109 Å². The van der Waals surface area contributed by atoms with Gasteiger partial charge in [-0.05, 0) is 0 Å². The van der Waals surface area contributed by atoms with Crippen LogP contribution in [0.3, 0.4) is 0 Å². The fraction of sp³-hybridized carbons (Fsp3) is 0.385. The van der Waals surface area contributed by atoms with E-state index in [1.54, 1.807) is 19.9 Å². The van der Waals surface area contributed by atoms with E-state index >= 15 is 0 Å².